The maximum absolute atomic E-state index is 13.9. The van der Waals surface area contributed by atoms with E-state index in [0.717, 1.165) is 0 Å². The Balaban J connectivity index is 2.34. The van der Waals surface area contributed by atoms with Crippen molar-refractivity contribution >= 4 is 45.5 Å². The SMILES string of the molecule is CCOC(=O)C1(N(Cc2ccc(Cl)c(F)c2)C(=O)CBr)CN(C(=O)OC(C)(C)C)C1. The molecule has 0 unspecified atom stereocenters. The van der Waals surface area contributed by atoms with Crippen molar-refractivity contribution in [2.45, 2.75) is 45.4 Å². The summed E-state index contributed by atoms with van der Waals surface area (Å²) in [6.45, 7) is 6.74. The van der Waals surface area contributed by atoms with Gasteiger partial charge in [0.2, 0.25) is 5.91 Å². The predicted molar refractivity (Wildman–Crippen MR) is 113 cm³/mol. The molecule has 1 aromatic rings. The normalized spacial score (nSPS) is 15.2. The molecule has 1 aromatic carbocycles. The van der Waals surface area contributed by atoms with E-state index < -0.39 is 34.9 Å². The van der Waals surface area contributed by atoms with Gasteiger partial charge in [0, 0.05) is 6.54 Å². The van der Waals surface area contributed by atoms with Crippen LogP contribution in [0, 0.1) is 5.82 Å². The van der Waals surface area contributed by atoms with E-state index >= 15 is 0 Å². The molecule has 30 heavy (non-hydrogen) atoms. The molecule has 7 nitrogen and oxygen atoms in total. The van der Waals surface area contributed by atoms with Gasteiger partial charge in [-0.05, 0) is 45.4 Å². The van der Waals surface area contributed by atoms with Crippen LogP contribution in [0.2, 0.25) is 5.02 Å². The Labute approximate surface area is 188 Å². The van der Waals surface area contributed by atoms with Crippen LogP contribution in [-0.2, 0) is 25.6 Å². The molecule has 1 fully saturated rings. The Morgan fingerprint density at radius 1 is 1.30 bits per heavy atom. The van der Waals surface area contributed by atoms with Gasteiger partial charge < -0.3 is 19.3 Å². The lowest BCUT2D eigenvalue weighted by Gasteiger charge is -2.53. The first-order valence-corrected chi connectivity index (χ1v) is 10.9. The van der Waals surface area contributed by atoms with Gasteiger partial charge in [0.15, 0.2) is 5.54 Å². The molecule has 1 aliphatic rings. The molecule has 2 amide bonds. The Morgan fingerprint density at radius 3 is 2.43 bits per heavy atom. The minimum absolute atomic E-state index is 0.0445. The highest BCUT2D eigenvalue weighted by atomic mass is 79.9. The molecule has 0 spiro atoms. The Hall–Kier alpha value is -1.87. The van der Waals surface area contributed by atoms with Crippen LogP contribution in [0.1, 0.15) is 33.3 Å². The standard InChI is InChI=1S/C20H25BrClFN2O5/c1-5-29-17(27)20(11-24(12-20)18(28)30-19(2,3)4)25(16(26)9-21)10-13-6-7-14(22)15(23)8-13/h6-8H,5,9-12H2,1-4H3. The van der Waals surface area contributed by atoms with Crippen LogP contribution in [-0.4, -0.2) is 63.9 Å². The van der Waals surface area contributed by atoms with E-state index in [1.54, 1.807) is 33.8 Å². The molecular weight excluding hydrogens is 483 g/mol. The maximum atomic E-state index is 13.9. The number of alkyl halides is 1. The van der Waals surface area contributed by atoms with Crippen LogP contribution in [0.5, 0.6) is 0 Å². The summed E-state index contributed by atoms with van der Waals surface area (Å²) in [6, 6.07) is 4.16. The number of carbonyl (C=O) groups excluding carboxylic acids is 3. The molecule has 166 valence electrons. The molecule has 0 aliphatic carbocycles. The summed E-state index contributed by atoms with van der Waals surface area (Å²) in [7, 11) is 0. The number of rotatable bonds is 6. The summed E-state index contributed by atoms with van der Waals surface area (Å²) in [5.41, 5.74) is -1.65. The second-order valence-electron chi connectivity index (χ2n) is 7.95. The van der Waals surface area contributed by atoms with Crippen molar-refractivity contribution in [3.63, 3.8) is 0 Å². The third kappa shape index (κ3) is 5.43. The van der Waals surface area contributed by atoms with Gasteiger partial charge in [-0.3, -0.25) is 4.79 Å². The second kappa shape index (κ2) is 9.51. The Bertz CT molecular complexity index is 824. The predicted octanol–water partition coefficient (Wildman–Crippen LogP) is 3.76. The van der Waals surface area contributed by atoms with Crippen molar-refractivity contribution in [1.82, 2.24) is 9.80 Å². The van der Waals surface area contributed by atoms with Gasteiger partial charge in [-0.2, -0.15) is 0 Å². The number of nitrogens with zero attached hydrogens (tertiary/aromatic N) is 2. The first-order chi connectivity index (χ1) is 13.9. The quantitative estimate of drug-likeness (QED) is 0.433. The number of hydrogen-bond acceptors (Lipinski definition) is 5. The van der Waals surface area contributed by atoms with Crippen molar-refractivity contribution in [2.75, 3.05) is 25.0 Å². The zero-order chi connectivity index (χ0) is 22.7. The molecule has 0 radical (unpaired) electrons. The van der Waals surface area contributed by atoms with Crippen LogP contribution >= 0.6 is 27.5 Å². The summed E-state index contributed by atoms with van der Waals surface area (Å²) < 4.78 is 24.5. The zero-order valence-corrected chi connectivity index (χ0v) is 19.7. The number of hydrogen-bond donors (Lipinski definition) is 0. The number of likely N-dealkylation sites (tertiary alicyclic amines) is 1. The van der Waals surface area contributed by atoms with Gasteiger partial charge in [0.25, 0.3) is 0 Å². The molecule has 0 saturated carbocycles. The van der Waals surface area contributed by atoms with Crippen LogP contribution in [0.25, 0.3) is 0 Å². The highest BCUT2D eigenvalue weighted by Crippen LogP contribution is 2.33. The molecular formula is C20H25BrClFN2O5. The van der Waals surface area contributed by atoms with Gasteiger partial charge in [0.05, 0.1) is 30.0 Å². The van der Waals surface area contributed by atoms with Gasteiger partial charge in [-0.1, -0.05) is 33.6 Å². The Kier molecular flexibility index (Phi) is 7.74. The summed E-state index contributed by atoms with van der Waals surface area (Å²) >= 11 is 8.87. The van der Waals surface area contributed by atoms with Crippen LogP contribution in [0.4, 0.5) is 9.18 Å². The minimum Gasteiger partial charge on any atom is -0.464 e. The fourth-order valence-corrected chi connectivity index (χ4v) is 3.51. The summed E-state index contributed by atoms with van der Waals surface area (Å²) in [4.78, 5) is 40.6. The van der Waals surface area contributed by atoms with E-state index in [2.05, 4.69) is 15.9 Å². The smallest absolute Gasteiger partial charge is 0.410 e. The lowest BCUT2D eigenvalue weighted by atomic mass is 9.87. The van der Waals surface area contributed by atoms with E-state index in [4.69, 9.17) is 21.1 Å². The summed E-state index contributed by atoms with van der Waals surface area (Å²) in [5.74, 6) is -1.66. The van der Waals surface area contributed by atoms with Gasteiger partial charge in [-0.25, -0.2) is 14.0 Å². The average molecular weight is 508 g/mol. The van der Waals surface area contributed by atoms with Crippen molar-refractivity contribution in [3.8, 4) is 0 Å². The molecule has 0 aromatic heterocycles. The molecule has 1 aliphatic heterocycles. The van der Waals surface area contributed by atoms with Crippen molar-refractivity contribution < 1.29 is 28.2 Å². The molecule has 1 heterocycles. The number of esters is 1. The third-order valence-electron chi connectivity index (χ3n) is 4.47. The largest absolute Gasteiger partial charge is 0.464 e. The summed E-state index contributed by atoms with van der Waals surface area (Å²) in [5, 5.41) is -0.103. The fourth-order valence-electron chi connectivity index (χ4n) is 3.09. The molecule has 0 bridgehead atoms. The summed E-state index contributed by atoms with van der Waals surface area (Å²) in [6.07, 6.45) is -0.591. The number of benzene rings is 1. The fraction of sp³-hybridized carbons (Fsp3) is 0.550. The average Bonchev–Trinajstić information content (AvgIpc) is 2.61. The molecule has 0 N–H and O–H groups in total. The first-order valence-electron chi connectivity index (χ1n) is 9.39. The zero-order valence-electron chi connectivity index (χ0n) is 17.3. The number of carbonyl (C=O) groups is 3. The molecule has 10 heteroatoms. The van der Waals surface area contributed by atoms with Gasteiger partial charge in [0.1, 0.15) is 11.4 Å². The van der Waals surface area contributed by atoms with E-state index in [1.165, 1.54) is 21.9 Å². The number of ether oxygens (including phenoxy) is 2. The highest BCUT2D eigenvalue weighted by molar-refractivity contribution is 9.09. The molecule has 1 saturated heterocycles. The topological polar surface area (TPSA) is 76.2 Å². The number of halogens is 3. The van der Waals surface area contributed by atoms with E-state index in [0.29, 0.717) is 5.56 Å². The van der Waals surface area contributed by atoms with Gasteiger partial charge in [-0.15, -0.1) is 0 Å². The lowest BCUT2D eigenvalue weighted by molar-refractivity contribution is -0.176. The van der Waals surface area contributed by atoms with E-state index in [-0.39, 0.29) is 36.6 Å². The monoisotopic (exact) mass is 506 g/mol. The second-order valence-corrected chi connectivity index (χ2v) is 8.92. The lowest BCUT2D eigenvalue weighted by Crippen LogP contribution is -2.76. The molecule has 2 rings (SSSR count). The van der Waals surface area contributed by atoms with Crippen molar-refractivity contribution in [3.05, 3.63) is 34.6 Å². The van der Waals surface area contributed by atoms with E-state index in [9.17, 15) is 18.8 Å². The van der Waals surface area contributed by atoms with Crippen molar-refractivity contribution in [2.24, 2.45) is 0 Å². The highest BCUT2D eigenvalue weighted by Gasteiger charge is 2.58. The number of amides is 2. The van der Waals surface area contributed by atoms with Crippen LogP contribution in [0.3, 0.4) is 0 Å². The van der Waals surface area contributed by atoms with E-state index in [1.807, 2.05) is 0 Å². The Morgan fingerprint density at radius 2 is 1.93 bits per heavy atom. The third-order valence-corrected chi connectivity index (χ3v) is 5.25. The maximum Gasteiger partial charge on any atom is 0.410 e. The van der Waals surface area contributed by atoms with Crippen molar-refractivity contribution in [1.29, 1.82) is 0 Å². The van der Waals surface area contributed by atoms with Crippen LogP contribution in [0.15, 0.2) is 18.2 Å². The first kappa shape index (κ1) is 24.4. The van der Waals surface area contributed by atoms with Crippen LogP contribution < -0.4 is 0 Å². The minimum atomic E-state index is -1.39. The molecule has 0 atom stereocenters. The van der Waals surface area contributed by atoms with Gasteiger partial charge >= 0.3 is 12.1 Å².